The molecule has 0 aliphatic heterocycles. The molecule has 0 aliphatic carbocycles. The van der Waals surface area contributed by atoms with Gasteiger partial charge in [-0.1, -0.05) is 11.2 Å². The predicted octanol–water partition coefficient (Wildman–Crippen LogP) is 4.85. The molecule has 2 aromatic carbocycles. The van der Waals surface area contributed by atoms with Crippen LogP contribution in [-0.2, 0) is 16.0 Å². The van der Waals surface area contributed by atoms with Crippen molar-refractivity contribution in [3.8, 4) is 22.4 Å². The van der Waals surface area contributed by atoms with Crippen molar-refractivity contribution in [2.45, 2.75) is 11.1 Å². The third kappa shape index (κ3) is 3.61. The highest BCUT2D eigenvalue weighted by Crippen LogP contribution is 2.43. The van der Waals surface area contributed by atoms with Gasteiger partial charge in [-0.2, -0.15) is 13.2 Å². The largest absolute Gasteiger partial charge is 0.453 e. The zero-order valence-corrected chi connectivity index (χ0v) is 14.6. The van der Waals surface area contributed by atoms with E-state index in [2.05, 4.69) is 9.68 Å². The molecule has 1 heterocycles. The number of alkyl halides is 3. The molecular formula is C17H9F6NO3S. The first-order valence-corrected chi connectivity index (χ1v) is 9.31. The zero-order chi connectivity index (χ0) is 20.9. The van der Waals surface area contributed by atoms with Crippen molar-refractivity contribution in [3.05, 3.63) is 59.6 Å². The van der Waals surface area contributed by atoms with Gasteiger partial charge in [-0.05, 0) is 35.9 Å². The van der Waals surface area contributed by atoms with Crippen molar-refractivity contribution in [2.75, 3.05) is 6.26 Å². The fourth-order valence-electron chi connectivity index (χ4n) is 2.55. The minimum atomic E-state index is -5.04. The van der Waals surface area contributed by atoms with E-state index in [0.717, 1.165) is 24.5 Å². The Bertz CT molecular complexity index is 1170. The third-order valence-corrected chi connectivity index (χ3v) is 4.89. The van der Waals surface area contributed by atoms with E-state index < -0.39 is 60.9 Å². The monoisotopic (exact) mass is 421 g/mol. The molecular weight excluding hydrogens is 412 g/mol. The normalized spacial score (nSPS) is 12.4. The van der Waals surface area contributed by atoms with Crippen LogP contribution in [0.15, 0.2) is 45.8 Å². The summed E-state index contributed by atoms with van der Waals surface area (Å²) >= 11 is 0. The van der Waals surface area contributed by atoms with E-state index in [0.29, 0.717) is 18.2 Å². The molecule has 0 saturated heterocycles. The van der Waals surface area contributed by atoms with Crippen LogP contribution in [0.5, 0.6) is 0 Å². The van der Waals surface area contributed by atoms with E-state index in [1.807, 2.05) is 0 Å². The Balaban J connectivity index is 2.28. The molecule has 28 heavy (non-hydrogen) atoms. The van der Waals surface area contributed by atoms with Crippen LogP contribution in [0.3, 0.4) is 0 Å². The van der Waals surface area contributed by atoms with E-state index in [1.54, 1.807) is 0 Å². The van der Waals surface area contributed by atoms with Crippen molar-refractivity contribution in [2.24, 2.45) is 0 Å². The summed E-state index contributed by atoms with van der Waals surface area (Å²) in [6, 6.07) is 4.57. The Kier molecular flexibility index (Phi) is 4.74. The van der Waals surface area contributed by atoms with Crippen molar-refractivity contribution >= 4 is 9.84 Å². The lowest BCUT2D eigenvalue weighted by molar-refractivity contribution is -0.154. The molecule has 0 fully saturated rings. The fourth-order valence-corrected chi connectivity index (χ4v) is 3.28. The number of halogens is 6. The second-order valence-corrected chi connectivity index (χ2v) is 7.76. The number of rotatable bonds is 3. The van der Waals surface area contributed by atoms with Crippen molar-refractivity contribution in [1.82, 2.24) is 5.16 Å². The van der Waals surface area contributed by atoms with E-state index in [4.69, 9.17) is 0 Å². The zero-order valence-electron chi connectivity index (χ0n) is 13.8. The van der Waals surface area contributed by atoms with Crippen LogP contribution in [0.1, 0.15) is 5.76 Å². The van der Waals surface area contributed by atoms with Crippen LogP contribution in [0.2, 0.25) is 0 Å². The number of nitrogens with zero attached hydrogens (tertiary/aromatic N) is 1. The van der Waals surface area contributed by atoms with Crippen molar-refractivity contribution in [3.63, 3.8) is 0 Å². The van der Waals surface area contributed by atoms with Gasteiger partial charge in [0.2, 0.25) is 5.76 Å². The van der Waals surface area contributed by atoms with Gasteiger partial charge in [-0.3, -0.25) is 0 Å². The van der Waals surface area contributed by atoms with E-state index >= 15 is 0 Å². The molecule has 1 aromatic heterocycles. The molecule has 0 spiro atoms. The Morgan fingerprint density at radius 2 is 1.50 bits per heavy atom. The maximum absolute atomic E-state index is 14.2. The van der Waals surface area contributed by atoms with Gasteiger partial charge in [0.15, 0.2) is 21.5 Å². The lowest BCUT2D eigenvalue weighted by Gasteiger charge is -2.09. The van der Waals surface area contributed by atoms with Gasteiger partial charge in [0.1, 0.15) is 16.4 Å². The van der Waals surface area contributed by atoms with Gasteiger partial charge < -0.3 is 4.52 Å². The number of hydrogen-bond acceptors (Lipinski definition) is 4. The molecule has 0 radical (unpaired) electrons. The molecule has 0 bridgehead atoms. The van der Waals surface area contributed by atoms with Gasteiger partial charge in [0, 0.05) is 11.8 Å². The lowest BCUT2D eigenvalue weighted by Crippen LogP contribution is -2.06. The minimum absolute atomic E-state index is 0.249. The predicted molar refractivity (Wildman–Crippen MR) is 85.4 cm³/mol. The van der Waals surface area contributed by atoms with E-state index in [-0.39, 0.29) is 5.56 Å². The Labute approximate surface area is 154 Å². The SMILES string of the molecule is CS(=O)(=O)c1ccc(-c2c(-c3ccc(F)c(F)c3)noc2C(F)(F)F)cc1F. The third-order valence-electron chi connectivity index (χ3n) is 3.76. The second-order valence-electron chi connectivity index (χ2n) is 5.78. The van der Waals surface area contributed by atoms with E-state index in [9.17, 15) is 34.8 Å². The topological polar surface area (TPSA) is 60.2 Å². The first-order chi connectivity index (χ1) is 12.9. The molecule has 3 rings (SSSR count). The lowest BCUT2D eigenvalue weighted by atomic mass is 9.98. The molecule has 148 valence electrons. The summed E-state index contributed by atoms with van der Waals surface area (Å²) in [5.74, 6) is -5.45. The summed E-state index contributed by atoms with van der Waals surface area (Å²) in [4.78, 5) is -0.712. The average Bonchev–Trinajstić information content (AvgIpc) is 3.01. The maximum Gasteiger partial charge on any atom is 0.453 e. The highest BCUT2D eigenvalue weighted by molar-refractivity contribution is 7.90. The summed E-state index contributed by atoms with van der Waals surface area (Å²) in [5.41, 5.74) is -1.91. The number of benzene rings is 2. The molecule has 0 aliphatic rings. The first-order valence-electron chi connectivity index (χ1n) is 7.42. The quantitative estimate of drug-likeness (QED) is 0.568. The van der Waals surface area contributed by atoms with Crippen LogP contribution in [-0.4, -0.2) is 19.8 Å². The van der Waals surface area contributed by atoms with Crippen molar-refractivity contribution < 1.29 is 39.3 Å². The summed E-state index contributed by atoms with van der Waals surface area (Å²) in [5, 5.41) is 3.28. The number of aromatic nitrogens is 1. The Hall–Kier alpha value is -2.82. The minimum Gasteiger partial charge on any atom is -0.350 e. The number of sulfone groups is 1. The molecule has 0 unspecified atom stereocenters. The molecule has 4 nitrogen and oxygen atoms in total. The number of hydrogen-bond donors (Lipinski definition) is 0. The average molecular weight is 421 g/mol. The van der Waals surface area contributed by atoms with Crippen LogP contribution < -0.4 is 0 Å². The van der Waals surface area contributed by atoms with Crippen LogP contribution in [0, 0.1) is 17.5 Å². The van der Waals surface area contributed by atoms with Gasteiger partial charge >= 0.3 is 6.18 Å². The standard InChI is InChI=1S/C17H9F6NO3S/c1-28(25,26)13-5-3-8(6-12(13)20)14-15(24-27-16(14)17(21,22)23)9-2-4-10(18)11(19)7-9/h2-7H,1H3. The highest BCUT2D eigenvalue weighted by Gasteiger charge is 2.41. The summed E-state index contributed by atoms with van der Waals surface area (Å²) in [7, 11) is -3.96. The highest BCUT2D eigenvalue weighted by atomic mass is 32.2. The first kappa shape index (κ1) is 19.9. The maximum atomic E-state index is 14.2. The summed E-state index contributed by atoms with van der Waals surface area (Å²) in [6.07, 6.45) is -4.30. The van der Waals surface area contributed by atoms with Gasteiger partial charge in [-0.25, -0.2) is 21.6 Å². The molecule has 0 amide bonds. The van der Waals surface area contributed by atoms with Gasteiger partial charge in [-0.15, -0.1) is 0 Å². The van der Waals surface area contributed by atoms with Gasteiger partial charge in [0.05, 0.1) is 5.56 Å². The van der Waals surface area contributed by atoms with Crippen LogP contribution in [0.25, 0.3) is 22.4 Å². The second kappa shape index (κ2) is 6.66. The molecule has 0 saturated carbocycles. The Morgan fingerprint density at radius 3 is 2.04 bits per heavy atom. The van der Waals surface area contributed by atoms with E-state index in [1.165, 1.54) is 0 Å². The summed E-state index contributed by atoms with van der Waals surface area (Å²) in [6.45, 7) is 0. The molecule has 3 aromatic rings. The fraction of sp³-hybridized carbons (Fsp3) is 0.118. The molecule has 0 atom stereocenters. The molecule has 11 heteroatoms. The summed E-state index contributed by atoms with van der Waals surface area (Å²) < 4.78 is 108. The van der Waals surface area contributed by atoms with Crippen LogP contribution in [0.4, 0.5) is 26.3 Å². The Morgan fingerprint density at radius 1 is 0.893 bits per heavy atom. The van der Waals surface area contributed by atoms with Gasteiger partial charge in [0.25, 0.3) is 0 Å². The van der Waals surface area contributed by atoms with Crippen molar-refractivity contribution in [1.29, 1.82) is 0 Å². The smallest absolute Gasteiger partial charge is 0.350 e. The molecule has 0 N–H and O–H groups in total. The van der Waals surface area contributed by atoms with Crippen LogP contribution >= 0.6 is 0 Å².